The molecule has 0 saturated carbocycles. The van der Waals surface area contributed by atoms with Crippen molar-refractivity contribution in [3.63, 3.8) is 0 Å². The molecule has 0 spiro atoms. The fourth-order valence-electron chi connectivity index (χ4n) is 0.161. The van der Waals surface area contributed by atoms with Crippen LogP contribution in [0.3, 0.4) is 0 Å². The van der Waals surface area contributed by atoms with Gasteiger partial charge in [0, 0.05) is 0 Å². The minimum absolute atomic E-state index is 3.40. The Labute approximate surface area is 53.7 Å². The van der Waals surface area contributed by atoms with E-state index in [-0.39, 0.29) is 0 Å². The Kier molecular flexibility index (Phi) is 2.30. The van der Waals surface area contributed by atoms with Crippen LogP contribution in [0.25, 0.3) is 0 Å². The van der Waals surface area contributed by atoms with Gasteiger partial charge in [0.25, 0.3) is 5.03 Å². The van der Waals surface area contributed by atoms with Gasteiger partial charge in [0.2, 0.25) is 0 Å². The highest BCUT2D eigenvalue weighted by atomic mass is 28.5. The van der Waals surface area contributed by atoms with E-state index in [4.69, 9.17) is 0 Å². The molecule has 0 rings (SSSR count). The second-order valence-electron chi connectivity index (χ2n) is 1.32. The van der Waals surface area contributed by atoms with E-state index in [1.807, 2.05) is 0 Å². The molecule has 60 valence electrons. The van der Waals surface area contributed by atoms with Gasteiger partial charge in [-0.05, 0) is 0 Å². The van der Waals surface area contributed by atoms with Gasteiger partial charge in [-0.2, -0.15) is 0 Å². The van der Waals surface area contributed by atoms with Crippen LogP contribution >= 0.6 is 0 Å². The van der Waals surface area contributed by atoms with Gasteiger partial charge in [-0.3, -0.25) is 4.79 Å². The van der Waals surface area contributed by atoms with Crippen molar-refractivity contribution in [1.82, 2.24) is 0 Å². The van der Waals surface area contributed by atoms with Gasteiger partial charge in [-0.25, -0.2) is 24.6 Å². The minimum atomic E-state index is -7.10. The van der Waals surface area contributed by atoms with E-state index in [9.17, 15) is 29.4 Å². The van der Waals surface area contributed by atoms with Gasteiger partial charge in [-0.15, -0.1) is 0 Å². The lowest BCUT2D eigenvalue weighted by Gasteiger charge is -2.00. The van der Waals surface area contributed by atoms with Crippen LogP contribution in [0.15, 0.2) is 0 Å². The first-order valence-electron chi connectivity index (χ1n) is 1.84. The van der Waals surface area contributed by atoms with Gasteiger partial charge in [0.05, 0.1) is 0 Å². The van der Waals surface area contributed by atoms with Crippen molar-refractivity contribution in [2.45, 2.75) is 0 Å². The summed E-state index contributed by atoms with van der Waals surface area (Å²) in [5, 5.41) is -3.40. The number of hydrogen-bond donors (Lipinski definition) is 0. The maximum atomic E-state index is 11.0. The summed E-state index contributed by atoms with van der Waals surface area (Å²) >= 11 is 0. The zero-order valence-corrected chi connectivity index (χ0v) is 6.18. The Morgan fingerprint density at radius 3 is 1.00 bits per heavy atom. The lowest BCUT2D eigenvalue weighted by atomic mass is 11.8. The summed E-state index contributed by atoms with van der Waals surface area (Å²) in [7, 11) is -14.2. The van der Waals surface area contributed by atoms with E-state index >= 15 is 0 Å². The molecule has 0 radical (unpaired) electrons. The van der Waals surface area contributed by atoms with Crippen molar-refractivity contribution in [3.05, 3.63) is 0 Å². The fourth-order valence-corrected chi connectivity index (χ4v) is 1.45. The topological polar surface area (TPSA) is 17.1 Å². The highest BCUT2D eigenvalue weighted by molar-refractivity contribution is 7.20. The van der Waals surface area contributed by atoms with Crippen LogP contribution in [0.2, 0.25) is 0 Å². The van der Waals surface area contributed by atoms with Crippen molar-refractivity contribution >= 4 is 23.2 Å². The maximum Gasteiger partial charge on any atom is 0.695 e. The van der Waals surface area contributed by atoms with Crippen LogP contribution in [0, 0.1) is 0 Å². The van der Waals surface area contributed by atoms with Crippen molar-refractivity contribution in [1.29, 1.82) is 0 Å². The maximum absolute atomic E-state index is 11.0. The molecule has 0 atom stereocenters. The van der Waals surface area contributed by atoms with Crippen molar-refractivity contribution in [3.8, 4) is 0 Å². The molecule has 0 aliphatic carbocycles. The average Bonchev–Trinajstić information content (AvgIpc) is 1.59. The molecule has 0 heterocycles. The molecule has 9 heteroatoms. The molecule has 1 nitrogen and oxygen atoms in total. The standard InChI is InChI=1S/CF6OSi2/c2-9(3,4)1(8)10(5,6)7. The molecule has 0 unspecified atom stereocenters. The average molecular weight is 198 g/mol. The first-order chi connectivity index (χ1) is 4.15. The van der Waals surface area contributed by atoms with E-state index in [0.717, 1.165) is 0 Å². The predicted molar refractivity (Wildman–Crippen MR) is 23.6 cm³/mol. The van der Waals surface area contributed by atoms with Crippen LogP contribution in [-0.4, -0.2) is 23.2 Å². The van der Waals surface area contributed by atoms with E-state index in [1.165, 1.54) is 0 Å². The zero-order chi connectivity index (χ0) is 8.58. The molecular weight excluding hydrogens is 198 g/mol. The molecule has 0 aromatic rings. The Bertz CT molecular complexity index is 127. The third kappa shape index (κ3) is 2.51. The molecule has 0 aliphatic heterocycles. The summed E-state index contributed by atoms with van der Waals surface area (Å²) in [5.74, 6) is 0. The molecular formula is CF6OSi2. The number of carbonyl (C=O) groups excluding carboxylic acids is 1. The minimum Gasteiger partial charge on any atom is -0.291 e. The number of rotatable bonds is 2. The van der Waals surface area contributed by atoms with E-state index in [2.05, 4.69) is 0 Å². The lowest BCUT2D eigenvalue weighted by Crippen LogP contribution is -2.44. The molecule has 0 aromatic carbocycles. The summed E-state index contributed by atoms with van der Waals surface area (Å²) in [6.07, 6.45) is 0. The lowest BCUT2D eigenvalue weighted by molar-refractivity contribution is 0.255. The molecule has 0 fully saturated rings. The second kappa shape index (κ2) is 2.38. The number of halogens is 6. The third-order valence-corrected chi connectivity index (χ3v) is 3.25. The fraction of sp³-hybridized carbons (Fsp3) is 0. The van der Waals surface area contributed by atoms with Crippen LogP contribution in [-0.2, 0) is 0 Å². The van der Waals surface area contributed by atoms with Crippen LogP contribution in [0.5, 0.6) is 0 Å². The highest BCUT2D eigenvalue weighted by Gasteiger charge is 2.66. The highest BCUT2D eigenvalue weighted by Crippen LogP contribution is 2.21. The molecule has 0 bridgehead atoms. The first kappa shape index (κ1) is 9.68. The van der Waals surface area contributed by atoms with Crippen molar-refractivity contribution in [2.75, 3.05) is 0 Å². The van der Waals surface area contributed by atoms with Crippen LogP contribution in [0.4, 0.5) is 29.4 Å². The Balaban J connectivity index is 4.40. The first-order valence-corrected chi connectivity index (χ1v) is 5.11. The number of hydrogen-bond acceptors (Lipinski definition) is 1. The summed E-state index contributed by atoms with van der Waals surface area (Å²) in [6, 6.07) is 0. The van der Waals surface area contributed by atoms with Crippen molar-refractivity contribution < 1.29 is 29.4 Å². The summed E-state index contributed by atoms with van der Waals surface area (Å²) in [5.41, 5.74) is 0. The van der Waals surface area contributed by atoms with Gasteiger partial charge >= 0.3 is 18.2 Å². The van der Waals surface area contributed by atoms with E-state index < -0.39 is 23.2 Å². The smallest absolute Gasteiger partial charge is 0.291 e. The Morgan fingerprint density at radius 2 is 1.00 bits per heavy atom. The normalized spacial score (nSPS) is 13.4. The molecule has 0 N–H and O–H groups in total. The van der Waals surface area contributed by atoms with Gasteiger partial charge in [-0.1, -0.05) is 0 Å². The molecule has 0 saturated heterocycles. The molecule has 0 aliphatic rings. The SMILES string of the molecule is O=C([Si](F)(F)F)[Si](F)(F)F. The Hall–Kier alpha value is -0.316. The van der Waals surface area contributed by atoms with Crippen LogP contribution < -0.4 is 0 Å². The molecule has 0 aromatic heterocycles. The summed E-state index contributed by atoms with van der Waals surface area (Å²) in [4.78, 5) is 9.36. The predicted octanol–water partition coefficient (Wildman–Crippen LogP) is 1.96. The number of carbonyl (C=O) groups is 1. The van der Waals surface area contributed by atoms with Gasteiger partial charge in [0.15, 0.2) is 0 Å². The molecule has 0 amide bonds. The van der Waals surface area contributed by atoms with Crippen LogP contribution in [0.1, 0.15) is 0 Å². The Morgan fingerprint density at radius 1 is 0.800 bits per heavy atom. The van der Waals surface area contributed by atoms with E-state index in [0.29, 0.717) is 0 Å². The summed E-state index contributed by atoms with van der Waals surface area (Å²) < 4.78 is 66.3. The quantitative estimate of drug-likeness (QED) is 0.376. The summed E-state index contributed by atoms with van der Waals surface area (Å²) in [6.45, 7) is 0. The zero-order valence-electron chi connectivity index (χ0n) is 4.18. The monoisotopic (exact) mass is 198 g/mol. The third-order valence-electron chi connectivity index (χ3n) is 0.515. The van der Waals surface area contributed by atoms with Gasteiger partial charge < -0.3 is 0 Å². The second-order valence-corrected chi connectivity index (χ2v) is 4.72. The largest absolute Gasteiger partial charge is 0.695 e. The molecule has 10 heavy (non-hydrogen) atoms. The van der Waals surface area contributed by atoms with Crippen molar-refractivity contribution in [2.24, 2.45) is 0 Å². The van der Waals surface area contributed by atoms with Gasteiger partial charge in [0.1, 0.15) is 0 Å². The van der Waals surface area contributed by atoms with E-state index in [1.54, 1.807) is 0 Å².